The number of hydrogen-bond donors (Lipinski definition) is 2. The van der Waals surface area contributed by atoms with Crippen LogP contribution in [-0.4, -0.2) is 54.1 Å². The van der Waals surface area contributed by atoms with E-state index < -0.39 is 30.2 Å². The van der Waals surface area contributed by atoms with Crippen molar-refractivity contribution >= 4 is 0 Å². The summed E-state index contributed by atoms with van der Waals surface area (Å²) in [6.45, 7) is 6.82. The van der Waals surface area contributed by atoms with Crippen molar-refractivity contribution in [1.29, 1.82) is 0 Å². The molecule has 1 heterocycles. The summed E-state index contributed by atoms with van der Waals surface area (Å²) in [6.07, 6.45) is -1.11. The second-order valence-electron chi connectivity index (χ2n) is 4.25. The van der Waals surface area contributed by atoms with Crippen molar-refractivity contribution in [3.05, 3.63) is 12.7 Å². The highest BCUT2D eigenvalue weighted by molar-refractivity contribution is 4.95. The maximum absolute atomic E-state index is 9.70. The van der Waals surface area contributed by atoms with Gasteiger partial charge >= 0.3 is 0 Å². The highest BCUT2D eigenvalue weighted by atomic mass is 16.8. The minimum atomic E-state index is -0.860. The first-order valence-corrected chi connectivity index (χ1v) is 5.25. The average molecular weight is 232 g/mol. The highest BCUT2D eigenvalue weighted by Crippen LogP contribution is 2.31. The molecule has 0 aromatic heterocycles. The standard InChI is InChI=1S/C11H20O5/c1-5-7(13)9(14-4)10-8(6-12)15-11(2,3)16-10/h5,7-10,12-13H,1,6H2,2-4H3/t7-,8?,9?,10?/m0/s1. The molecule has 0 bridgehead atoms. The Morgan fingerprint density at radius 2 is 2.12 bits per heavy atom. The van der Waals surface area contributed by atoms with Gasteiger partial charge in [-0.25, -0.2) is 0 Å². The minimum absolute atomic E-state index is 0.183. The summed E-state index contributed by atoms with van der Waals surface area (Å²) in [5.41, 5.74) is 0. The molecule has 0 aromatic rings. The van der Waals surface area contributed by atoms with Gasteiger partial charge in [0, 0.05) is 7.11 Å². The van der Waals surface area contributed by atoms with Gasteiger partial charge in [0.2, 0.25) is 0 Å². The first-order valence-electron chi connectivity index (χ1n) is 5.25. The normalized spacial score (nSPS) is 32.3. The van der Waals surface area contributed by atoms with Crippen molar-refractivity contribution in [3.63, 3.8) is 0 Å². The lowest BCUT2D eigenvalue weighted by atomic mass is 10.0. The lowest BCUT2D eigenvalue weighted by Gasteiger charge is -2.27. The molecule has 1 rings (SSSR count). The van der Waals surface area contributed by atoms with Crippen molar-refractivity contribution in [2.45, 2.75) is 44.1 Å². The Labute approximate surface area is 95.6 Å². The Kier molecular flexibility index (Phi) is 4.46. The van der Waals surface area contributed by atoms with E-state index in [1.54, 1.807) is 13.8 Å². The zero-order valence-corrected chi connectivity index (χ0v) is 9.92. The third kappa shape index (κ3) is 2.81. The van der Waals surface area contributed by atoms with Crippen LogP contribution in [0.3, 0.4) is 0 Å². The van der Waals surface area contributed by atoms with Gasteiger partial charge in [-0.1, -0.05) is 6.08 Å². The Balaban J connectivity index is 2.80. The maximum atomic E-state index is 9.70. The zero-order valence-electron chi connectivity index (χ0n) is 9.92. The van der Waals surface area contributed by atoms with Gasteiger partial charge in [0.1, 0.15) is 24.4 Å². The van der Waals surface area contributed by atoms with Gasteiger partial charge in [0.05, 0.1) is 6.61 Å². The highest BCUT2D eigenvalue weighted by Gasteiger charge is 2.46. The lowest BCUT2D eigenvalue weighted by Crippen LogP contribution is -2.44. The van der Waals surface area contributed by atoms with Crippen LogP contribution >= 0.6 is 0 Å². The van der Waals surface area contributed by atoms with E-state index in [2.05, 4.69) is 6.58 Å². The third-order valence-electron chi connectivity index (χ3n) is 2.58. The van der Waals surface area contributed by atoms with Gasteiger partial charge in [-0.15, -0.1) is 6.58 Å². The number of hydrogen-bond acceptors (Lipinski definition) is 5. The molecule has 0 amide bonds. The van der Waals surface area contributed by atoms with Crippen molar-refractivity contribution in [2.75, 3.05) is 13.7 Å². The molecule has 5 nitrogen and oxygen atoms in total. The van der Waals surface area contributed by atoms with Gasteiger partial charge in [0.25, 0.3) is 0 Å². The SMILES string of the molecule is C=C[C@H](O)C(OC)C1OC(C)(C)OC1CO. The minimum Gasteiger partial charge on any atom is -0.394 e. The maximum Gasteiger partial charge on any atom is 0.164 e. The van der Waals surface area contributed by atoms with E-state index in [1.165, 1.54) is 13.2 Å². The summed E-state index contributed by atoms with van der Waals surface area (Å²) >= 11 is 0. The number of aliphatic hydroxyl groups excluding tert-OH is 2. The van der Waals surface area contributed by atoms with Gasteiger partial charge in [-0.2, -0.15) is 0 Å². The fourth-order valence-electron chi connectivity index (χ4n) is 1.88. The molecule has 1 aliphatic rings. The van der Waals surface area contributed by atoms with Crippen molar-refractivity contribution < 1.29 is 24.4 Å². The summed E-state index contributed by atoms with van der Waals surface area (Å²) in [5, 5.41) is 18.9. The van der Waals surface area contributed by atoms with Crippen LogP contribution in [0.2, 0.25) is 0 Å². The van der Waals surface area contributed by atoms with E-state index in [1.807, 2.05) is 0 Å². The predicted molar refractivity (Wildman–Crippen MR) is 57.9 cm³/mol. The molecule has 0 saturated carbocycles. The molecule has 4 atom stereocenters. The monoisotopic (exact) mass is 232 g/mol. The van der Waals surface area contributed by atoms with Crippen molar-refractivity contribution in [3.8, 4) is 0 Å². The second kappa shape index (κ2) is 5.25. The predicted octanol–water partition coefficient (Wildman–Crippen LogP) is 0.0607. The molecule has 94 valence electrons. The fourth-order valence-corrected chi connectivity index (χ4v) is 1.88. The molecule has 16 heavy (non-hydrogen) atoms. The first-order chi connectivity index (χ1) is 7.45. The van der Waals surface area contributed by atoms with Crippen LogP contribution in [0.25, 0.3) is 0 Å². The van der Waals surface area contributed by atoms with Crippen molar-refractivity contribution in [1.82, 2.24) is 0 Å². The quantitative estimate of drug-likeness (QED) is 0.656. The van der Waals surface area contributed by atoms with Crippen molar-refractivity contribution in [2.24, 2.45) is 0 Å². The van der Waals surface area contributed by atoms with E-state index in [9.17, 15) is 10.2 Å². The third-order valence-corrected chi connectivity index (χ3v) is 2.58. The van der Waals surface area contributed by atoms with Gasteiger partial charge < -0.3 is 24.4 Å². The van der Waals surface area contributed by atoms with Crippen LogP contribution in [0, 0.1) is 0 Å². The van der Waals surface area contributed by atoms with Crippen LogP contribution in [0.15, 0.2) is 12.7 Å². The zero-order chi connectivity index (χ0) is 12.3. The largest absolute Gasteiger partial charge is 0.394 e. The Hall–Kier alpha value is -0.460. The molecule has 3 unspecified atom stereocenters. The average Bonchev–Trinajstić information content (AvgIpc) is 2.54. The van der Waals surface area contributed by atoms with Gasteiger partial charge in [0.15, 0.2) is 5.79 Å². The Bertz CT molecular complexity index is 241. The fraction of sp³-hybridized carbons (Fsp3) is 0.818. The summed E-state index contributed by atoms with van der Waals surface area (Å²) in [6, 6.07) is 0. The number of methoxy groups -OCH3 is 1. The lowest BCUT2D eigenvalue weighted by molar-refractivity contribution is -0.164. The molecule has 0 aromatic carbocycles. The van der Waals surface area contributed by atoms with Crippen LogP contribution < -0.4 is 0 Å². The molecule has 1 fully saturated rings. The molecular formula is C11H20O5. The van der Waals surface area contributed by atoms with E-state index in [4.69, 9.17) is 14.2 Å². The van der Waals surface area contributed by atoms with Gasteiger partial charge in [-0.05, 0) is 13.8 Å². The second-order valence-corrected chi connectivity index (χ2v) is 4.25. The molecule has 2 N–H and O–H groups in total. The molecule has 0 aliphatic carbocycles. The van der Waals surface area contributed by atoms with Crippen LogP contribution in [-0.2, 0) is 14.2 Å². The van der Waals surface area contributed by atoms with E-state index in [0.717, 1.165) is 0 Å². The molecular weight excluding hydrogens is 212 g/mol. The number of rotatable bonds is 5. The van der Waals surface area contributed by atoms with Crippen LogP contribution in [0.1, 0.15) is 13.8 Å². The molecule has 5 heteroatoms. The summed E-state index contributed by atoms with van der Waals surface area (Å²) in [7, 11) is 1.47. The summed E-state index contributed by atoms with van der Waals surface area (Å²) in [4.78, 5) is 0. The van der Waals surface area contributed by atoms with E-state index in [0.29, 0.717) is 0 Å². The van der Waals surface area contributed by atoms with Crippen LogP contribution in [0.4, 0.5) is 0 Å². The smallest absolute Gasteiger partial charge is 0.164 e. The Morgan fingerprint density at radius 3 is 2.56 bits per heavy atom. The number of aliphatic hydroxyl groups is 2. The number of ether oxygens (including phenoxy) is 3. The Morgan fingerprint density at radius 1 is 1.50 bits per heavy atom. The molecule has 0 spiro atoms. The summed E-state index contributed by atoms with van der Waals surface area (Å²) < 4.78 is 16.3. The molecule has 0 radical (unpaired) electrons. The van der Waals surface area contributed by atoms with E-state index in [-0.39, 0.29) is 6.61 Å². The molecule has 1 aliphatic heterocycles. The van der Waals surface area contributed by atoms with Gasteiger partial charge in [-0.3, -0.25) is 0 Å². The molecule has 1 saturated heterocycles. The van der Waals surface area contributed by atoms with E-state index >= 15 is 0 Å². The first kappa shape index (κ1) is 13.6. The van der Waals surface area contributed by atoms with Crippen LogP contribution in [0.5, 0.6) is 0 Å². The topological polar surface area (TPSA) is 68.2 Å². The summed E-state index contributed by atoms with van der Waals surface area (Å²) in [5.74, 6) is -0.782.